The summed E-state index contributed by atoms with van der Waals surface area (Å²) in [6.07, 6.45) is 6.20. The average molecular weight is 795 g/mol. The Labute approximate surface area is 339 Å². The molecule has 6 rings (SSSR count). The van der Waals surface area contributed by atoms with E-state index in [-0.39, 0.29) is 30.2 Å². The molecule has 4 amide bonds. The van der Waals surface area contributed by atoms with Crippen LogP contribution in [0.5, 0.6) is 0 Å². The van der Waals surface area contributed by atoms with Crippen molar-refractivity contribution in [3.63, 3.8) is 0 Å². The van der Waals surface area contributed by atoms with Crippen LogP contribution in [0.2, 0.25) is 0 Å². The summed E-state index contributed by atoms with van der Waals surface area (Å²) in [5, 5.41) is 6.00. The number of carbonyl (C=O) groups is 4. The Balaban J connectivity index is 1.10. The number of hydrogen-bond acceptors (Lipinski definition) is 9. The highest BCUT2D eigenvalue weighted by molar-refractivity contribution is 6.17. The van der Waals surface area contributed by atoms with Crippen molar-refractivity contribution in [3.05, 3.63) is 82.0 Å². The molecule has 14 heteroatoms. The van der Waals surface area contributed by atoms with Crippen LogP contribution in [-0.2, 0) is 20.7 Å². The van der Waals surface area contributed by atoms with Crippen LogP contribution in [0.4, 0.5) is 10.5 Å². The highest BCUT2D eigenvalue weighted by Crippen LogP contribution is 2.33. The maximum absolute atomic E-state index is 14.2. The van der Waals surface area contributed by atoms with E-state index in [4.69, 9.17) is 10.5 Å². The fourth-order valence-corrected chi connectivity index (χ4v) is 8.18. The van der Waals surface area contributed by atoms with Crippen LogP contribution in [-0.4, -0.2) is 88.0 Å². The molecule has 2 aliphatic rings. The van der Waals surface area contributed by atoms with Crippen LogP contribution >= 0.6 is 0 Å². The number of rotatable bonds is 11. The fourth-order valence-electron chi connectivity index (χ4n) is 8.18. The summed E-state index contributed by atoms with van der Waals surface area (Å²) in [6, 6.07) is 15.9. The summed E-state index contributed by atoms with van der Waals surface area (Å²) >= 11 is 0. The maximum Gasteiger partial charge on any atom is 0.407 e. The Morgan fingerprint density at radius 1 is 0.897 bits per heavy atom. The number of aromatic amines is 2. The van der Waals surface area contributed by atoms with Gasteiger partial charge in [0.25, 0.3) is 11.8 Å². The van der Waals surface area contributed by atoms with Crippen LogP contribution in [0.1, 0.15) is 93.9 Å². The van der Waals surface area contributed by atoms with Crippen LogP contribution in [0.15, 0.2) is 59.4 Å². The minimum absolute atomic E-state index is 0.149. The number of imide groups is 1. The molecule has 310 valence electrons. The van der Waals surface area contributed by atoms with Crippen LogP contribution < -0.4 is 27.0 Å². The molecule has 1 atom stereocenters. The van der Waals surface area contributed by atoms with E-state index < -0.39 is 35.3 Å². The number of aromatic nitrogens is 3. The van der Waals surface area contributed by atoms with Crippen LogP contribution in [0.3, 0.4) is 0 Å². The largest absolute Gasteiger partial charge is 0.444 e. The zero-order chi connectivity index (χ0) is 41.7. The molecule has 0 bridgehead atoms. The van der Waals surface area contributed by atoms with Gasteiger partial charge in [0.15, 0.2) is 0 Å². The number of H-pyrrole nitrogens is 2. The average Bonchev–Trinajstić information content (AvgIpc) is 3.56. The molecule has 58 heavy (non-hydrogen) atoms. The van der Waals surface area contributed by atoms with E-state index in [1.807, 2.05) is 58.0 Å². The first-order chi connectivity index (χ1) is 27.5. The van der Waals surface area contributed by atoms with Gasteiger partial charge >= 0.3 is 11.8 Å². The molecule has 2 saturated carbocycles. The lowest BCUT2D eigenvalue weighted by Gasteiger charge is -2.32. The number of imidazole rings is 1. The fraction of sp³-hybridized carbons (Fsp3) is 0.500. The number of aryl methyl sites for hydroxylation is 1. The van der Waals surface area contributed by atoms with Gasteiger partial charge in [-0.1, -0.05) is 30.3 Å². The molecule has 2 aromatic carbocycles. The van der Waals surface area contributed by atoms with E-state index >= 15 is 0 Å². The number of hydrogen-bond donors (Lipinski definition) is 5. The van der Waals surface area contributed by atoms with E-state index in [1.54, 1.807) is 24.3 Å². The third-order valence-corrected chi connectivity index (χ3v) is 11.4. The van der Waals surface area contributed by atoms with Gasteiger partial charge in [-0.25, -0.2) is 19.5 Å². The minimum Gasteiger partial charge on any atom is -0.444 e. The molecule has 0 radical (unpaired) electrons. The molecular formula is C44H58N8O6. The number of carbonyl (C=O) groups excluding carboxylic acids is 4. The Morgan fingerprint density at radius 2 is 1.57 bits per heavy atom. The van der Waals surface area contributed by atoms with Crippen LogP contribution in [0, 0.1) is 18.8 Å². The number of benzene rings is 2. The van der Waals surface area contributed by atoms with E-state index in [2.05, 4.69) is 44.6 Å². The second kappa shape index (κ2) is 18.1. The molecular weight excluding hydrogens is 737 g/mol. The van der Waals surface area contributed by atoms with Gasteiger partial charge < -0.3 is 36.0 Å². The first-order valence-corrected chi connectivity index (χ1v) is 20.4. The second-order valence-corrected chi connectivity index (χ2v) is 17.2. The number of nitrogens with one attached hydrogen (secondary N) is 4. The predicted molar refractivity (Wildman–Crippen MR) is 224 cm³/mol. The van der Waals surface area contributed by atoms with E-state index in [0.29, 0.717) is 60.7 Å². The highest BCUT2D eigenvalue weighted by atomic mass is 16.6. The molecule has 0 spiro atoms. The number of alkyl carbamates (subject to hydrolysis) is 1. The van der Waals surface area contributed by atoms with E-state index in [0.717, 1.165) is 48.1 Å². The van der Waals surface area contributed by atoms with Gasteiger partial charge in [0.2, 0.25) is 5.91 Å². The molecule has 14 nitrogen and oxygen atoms in total. The normalized spacial score (nSPS) is 20.3. The third-order valence-electron chi connectivity index (χ3n) is 11.4. The number of nitrogens with zero attached hydrogens (tertiary/aromatic N) is 3. The van der Waals surface area contributed by atoms with Crippen molar-refractivity contribution < 1.29 is 23.9 Å². The van der Waals surface area contributed by atoms with Crippen molar-refractivity contribution in [2.75, 3.05) is 25.5 Å². The predicted octanol–water partition coefficient (Wildman–Crippen LogP) is 5.59. The SMILES string of the molecule is Cc1nc(C(=O)NC2CCC(N(C)C)CC2)ccc1-c1ccc(C[C@H](N)C(=O)N(C(=O)C2CCC(CNC(=O)OC(C)(C)C)CC2)c2ccc3[nH]c(=O)[nH]c3c2)cc1. The zero-order valence-electron chi connectivity index (χ0n) is 34.5. The lowest BCUT2D eigenvalue weighted by molar-refractivity contribution is -0.130. The van der Waals surface area contributed by atoms with Gasteiger partial charge in [0, 0.05) is 35.8 Å². The number of amides is 4. The Hall–Kier alpha value is -5.34. The van der Waals surface area contributed by atoms with Gasteiger partial charge in [-0.05, 0) is 141 Å². The van der Waals surface area contributed by atoms with Gasteiger partial charge in [0.05, 0.1) is 22.8 Å². The molecule has 0 aliphatic heterocycles. The number of ether oxygens (including phenoxy) is 1. The summed E-state index contributed by atoms with van der Waals surface area (Å²) in [4.78, 5) is 79.2. The standard InChI is InChI=1S/C44H58N8O6/c1-26-34(20-22-37(47-26)39(53)48-31-15-17-32(18-16-31)51(5)6)29-11-7-27(8-12-29)23-35(45)41(55)52(33-19-21-36-38(24-33)50-42(56)49-36)40(54)30-13-9-28(10-14-30)25-46-43(57)58-44(2,3)4/h7-8,11-12,19-22,24,28,30-32,35H,9-10,13-18,23,25,45H2,1-6H3,(H,46,57)(H,48,53)(H2,49,50,56)/t28?,30?,31?,32?,35-/m0/s1. The lowest BCUT2D eigenvalue weighted by atomic mass is 9.81. The van der Waals surface area contributed by atoms with Gasteiger partial charge in [-0.2, -0.15) is 0 Å². The molecule has 6 N–H and O–H groups in total. The van der Waals surface area contributed by atoms with Crippen molar-refractivity contribution >= 4 is 40.5 Å². The summed E-state index contributed by atoms with van der Waals surface area (Å²) in [5.41, 5.74) is 10.7. The summed E-state index contributed by atoms with van der Waals surface area (Å²) in [6.45, 7) is 7.76. The molecule has 2 aliphatic carbocycles. The number of fused-ring (bicyclic) bond motifs is 1. The smallest absolute Gasteiger partial charge is 0.407 e. The van der Waals surface area contributed by atoms with Gasteiger partial charge in [-0.3, -0.25) is 14.4 Å². The number of pyridine rings is 1. The molecule has 2 fully saturated rings. The molecule has 2 aromatic heterocycles. The highest BCUT2D eigenvalue weighted by Gasteiger charge is 2.36. The van der Waals surface area contributed by atoms with Crippen LogP contribution in [0.25, 0.3) is 22.2 Å². The monoisotopic (exact) mass is 794 g/mol. The second-order valence-electron chi connectivity index (χ2n) is 17.2. The lowest BCUT2D eigenvalue weighted by Crippen LogP contribution is -2.50. The summed E-state index contributed by atoms with van der Waals surface area (Å²) in [5.74, 6) is -1.30. The first-order valence-electron chi connectivity index (χ1n) is 20.4. The van der Waals surface area contributed by atoms with Gasteiger partial charge in [0.1, 0.15) is 11.3 Å². The van der Waals surface area contributed by atoms with Gasteiger partial charge in [-0.15, -0.1) is 0 Å². The molecule has 0 unspecified atom stereocenters. The molecule has 4 aromatic rings. The minimum atomic E-state index is -1.04. The maximum atomic E-state index is 14.2. The zero-order valence-corrected chi connectivity index (χ0v) is 34.5. The molecule has 0 saturated heterocycles. The quantitative estimate of drug-likeness (QED) is 0.129. The first kappa shape index (κ1) is 42.3. The Kier molecular flexibility index (Phi) is 13.2. The van der Waals surface area contributed by atoms with Crippen molar-refractivity contribution in [2.45, 2.75) is 109 Å². The summed E-state index contributed by atoms with van der Waals surface area (Å²) < 4.78 is 5.36. The number of anilines is 1. The van der Waals surface area contributed by atoms with E-state index in [1.165, 1.54) is 4.90 Å². The van der Waals surface area contributed by atoms with Crippen molar-refractivity contribution in [3.8, 4) is 11.1 Å². The van der Waals surface area contributed by atoms with Crippen molar-refractivity contribution in [1.29, 1.82) is 0 Å². The van der Waals surface area contributed by atoms with Crippen molar-refractivity contribution in [2.24, 2.45) is 17.6 Å². The van der Waals surface area contributed by atoms with Crippen molar-refractivity contribution in [1.82, 2.24) is 30.5 Å². The molecule has 2 heterocycles. The topological polar surface area (TPSA) is 196 Å². The number of nitrogens with two attached hydrogens (primary N) is 1. The Bertz CT molecular complexity index is 2150. The third kappa shape index (κ3) is 10.6. The Morgan fingerprint density at radius 3 is 2.21 bits per heavy atom. The van der Waals surface area contributed by atoms with E-state index in [9.17, 15) is 24.0 Å². The summed E-state index contributed by atoms with van der Waals surface area (Å²) in [7, 11) is 4.20.